The third-order valence-electron chi connectivity index (χ3n) is 4.59. The number of nitrogens with zero attached hydrogens (tertiary/aromatic N) is 2. The number of carbonyl (C=O) groups is 2. The first-order chi connectivity index (χ1) is 13.4. The van der Waals surface area contributed by atoms with Crippen LogP contribution >= 0.6 is 0 Å². The van der Waals surface area contributed by atoms with Crippen LogP contribution in [-0.4, -0.2) is 44.5 Å². The van der Waals surface area contributed by atoms with E-state index in [1.165, 1.54) is 13.3 Å². The average Bonchev–Trinajstić information content (AvgIpc) is 2.95. The summed E-state index contributed by atoms with van der Waals surface area (Å²) in [6.07, 6.45) is 1.40. The van der Waals surface area contributed by atoms with E-state index >= 15 is 0 Å². The third kappa shape index (κ3) is 3.36. The van der Waals surface area contributed by atoms with Crippen LogP contribution < -0.4 is 19.5 Å². The Morgan fingerprint density at radius 1 is 0.964 bits per heavy atom. The Morgan fingerprint density at radius 2 is 1.61 bits per heavy atom. The van der Waals surface area contributed by atoms with Crippen LogP contribution in [0.2, 0.25) is 0 Å². The Kier molecular flexibility index (Phi) is 5.21. The summed E-state index contributed by atoms with van der Waals surface area (Å²) in [4.78, 5) is 25.3. The van der Waals surface area contributed by atoms with Gasteiger partial charge in [-0.05, 0) is 36.8 Å². The zero-order valence-electron chi connectivity index (χ0n) is 16.1. The normalized spacial score (nSPS) is 19.1. The van der Waals surface area contributed by atoms with Gasteiger partial charge >= 0.3 is 6.03 Å². The van der Waals surface area contributed by atoms with Crippen LogP contribution in [0, 0.1) is 0 Å². The molecule has 2 aromatic carbocycles. The number of carbonyl (C=O) groups excluding carboxylic acids is 2. The van der Waals surface area contributed by atoms with E-state index in [4.69, 9.17) is 14.2 Å². The molecule has 0 aliphatic carbocycles. The van der Waals surface area contributed by atoms with Gasteiger partial charge in [-0.25, -0.2) is 4.79 Å². The Hall–Kier alpha value is -3.55. The largest absolute Gasteiger partial charge is 0.497 e. The number of hydrogen-bond donors (Lipinski definition) is 1. The molecule has 3 amide bonds. The molecule has 0 unspecified atom stereocenters. The number of nitrogens with one attached hydrogen (secondary N) is 1. The number of hydrogen-bond acceptors (Lipinski definition) is 6. The van der Waals surface area contributed by atoms with E-state index in [-0.39, 0.29) is 0 Å². The first-order valence-electron chi connectivity index (χ1n) is 8.50. The highest BCUT2D eigenvalue weighted by Crippen LogP contribution is 2.30. The predicted molar refractivity (Wildman–Crippen MR) is 103 cm³/mol. The van der Waals surface area contributed by atoms with E-state index in [1.54, 1.807) is 63.6 Å². The molecule has 3 rings (SSSR count). The Bertz CT molecular complexity index is 926. The molecule has 1 fully saturated rings. The first-order valence-corrected chi connectivity index (χ1v) is 8.50. The van der Waals surface area contributed by atoms with Gasteiger partial charge in [0.1, 0.15) is 22.8 Å². The van der Waals surface area contributed by atoms with Crippen LogP contribution in [0.4, 0.5) is 4.79 Å². The SMILES string of the molecule is COc1ccc([C@@]2(C)NC(=O)N(/N=C\c3ccc(OC)cc3OC)C2=O)cc1. The maximum atomic E-state index is 12.9. The minimum Gasteiger partial charge on any atom is -0.497 e. The number of methoxy groups -OCH3 is 3. The maximum Gasteiger partial charge on any atom is 0.346 e. The molecule has 0 bridgehead atoms. The monoisotopic (exact) mass is 383 g/mol. The van der Waals surface area contributed by atoms with Gasteiger partial charge in [-0.2, -0.15) is 5.10 Å². The van der Waals surface area contributed by atoms with E-state index in [1.807, 2.05) is 0 Å². The van der Waals surface area contributed by atoms with E-state index in [0.717, 1.165) is 5.01 Å². The van der Waals surface area contributed by atoms with Crippen LogP contribution in [0.5, 0.6) is 17.2 Å². The van der Waals surface area contributed by atoms with Crippen LogP contribution in [0.1, 0.15) is 18.1 Å². The van der Waals surface area contributed by atoms with E-state index < -0.39 is 17.5 Å². The number of hydrazone groups is 1. The molecule has 2 aromatic rings. The molecular weight excluding hydrogens is 362 g/mol. The molecule has 1 aliphatic rings. The van der Waals surface area contributed by atoms with Crippen molar-refractivity contribution in [3.8, 4) is 17.2 Å². The molecule has 1 heterocycles. The number of rotatable bonds is 6. The molecule has 0 radical (unpaired) electrons. The second-order valence-electron chi connectivity index (χ2n) is 6.25. The highest BCUT2D eigenvalue weighted by Gasteiger charge is 2.49. The molecule has 8 heteroatoms. The zero-order chi connectivity index (χ0) is 20.3. The molecule has 1 saturated heterocycles. The summed E-state index contributed by atoms with van der Waals surface area (Å²) in [5.41, 5.74) is 0.0124. The van der Waals surface area contributed by atoms with Gasteiger partial charge in [-0.3, -0.25) is 4.79 Å². The lowest BCUT2D eigenvalue weighted by atomic mass is 9.92. The highest BCUT2D eigenvalue weighted by atomic mass is 16.5. The van der Waals surface area contributed by atoms with Crippen molar-refractivity contribution < 1.29 is 23.8 Å². The van der Waals surface area contributed by atoms with Crippen LogP contribution in [-0.2, 0) is 10.3 Å². The second-order valence-corrected chi connectivity index (χ2v) is 6.25. The zero-order valence-corrected chi connectivity index (χ0v) is 16.1. The van der Waals surface area contributed by atoms with Gasteiger partial charge in [0, 0.05) is 11.6 Å². The minimum atomic E-state index is -1.22. The van der Waals surface area contributed by atoms with Crippen molar-refractivity contribution in [2.45, 2.75) is 12.5 Å². The van der Waals surface area contributed by atoms with Crippen molar-refractivity contribution in [1.29, 1.82) is 0 Å². The lowest BCUT2D eigenvalue weighted by Gasteiger charge is -2.21. The fraction of sp³-hybridized carbons (Fsp3) is 0.250. The number of imide groups is 1. The van der Waals surface area contributed by atoms with Crippen molar-refractivity contribution in [3.05, 3.63) is 53.6 Å². The number of ether oxygens (including phenoxy) is 3. The number of urea groups is 1. The molecule has 0 saturated carbocycles. The summed E-state index contributed by atoms with van der Waals surface area (Å²) in [6, 6.07) is 11.5. The molecule has 0 spiro atoms. The average molecular weight is 383 g/mol. The molecule has 8 nitrogen and oxygen atoms in total. The van der Waals surface area contributed by atoms with Crippen molar-refractivity contribution in [2.24, 2.45) is 5.10 Å². The maximum absolute atomic E-state index is 12.9. The standard InChI is InChI=1S/C20H21N3O5/c1-20(14-6-9-15(26-2)10-7-14)18(24)23(19(25)22-20)21-12-13-5-8-16(27-3)11-17(13)28-4/h5-12H,1-4H3,(H,22,25)/b21-12-/t20-/m1/s1. The molecule has 1 atom stereocenters. The summed E-state index contributed by atoms with van der Waals surface area (Å²) >= 11 is 0. The quantitative estimate of drug-likeness (QED) is 0.612. The second kappa shape index (κ2) is 7.59. The molecule has 28 heavy (non-hydrogen) atoms. The molecule has 1 N–H and O–H groups in total. The third-order valence-corrected chi connectivity index (χ3v) is 4.59. The van der Waals surface area contributed by atoms with E-state index in [0.29, 0.717) is 28.4 Å². The van der Waals surface area contributed by atoms with Gasteiger partial charge in [-0.15, -0.1) is 5.01 Å². The van der Waals surface area contributed by atoms with Gasteiger partial charge in [-0.1, -0.05) is 12.1 Å². The predicted octanol–water partition coefficient (Wildman–Crippen LogP) is 2.51. The van der Waals surface area contributed by atoms with Gasteiger partial charge < -0.3 is 19.5 Å². The smallest absolute Gasteiger partial charge is 0.346 e. The molecule has 146 valence electrons. The summed E-state index contributed by atoms with van der Waals surface area (Å²) in [5.74, 6) is 1.31. The summed E-state index contributed by atoms with van der Waals surface area (Å²) in [6.45, 7) is 1.64. The van der Waals surface area contributed by atoms with Crippen LogP contribution in [0.25, 0.3) is 0 Å². The molecule has 0 aromatic heterocycles. The van der Waals surface area contributed by atoms with Crippen LogP contribution in [0.15, 0.2) is 47.6 Å². The number of amides is 3. The lowest BCUT2D eigenvalue weighted by Crippen LogP contribution is -2.40. The summed E-state index contributed by atoms with van der Waals surface area (Å²) in [7, 11) is 4.62. The van der Waals surface area contributed by atoms with Gasteiger partial charge in [0.2, 0.25) is 0 Å². The first kappa shape index (κ1) is 19.2. The van der Waals surface area contributed by atoms with Gasteiger partial charge in [0.05, 0.1) is 27.5 Å². The van der Waals surface area contributed by atoms with Crippen LogP contribution in [0.3, 0.4) is 0 Å². The van der Waals surface area contributed by atoms with Crippen molar-refractivity contribution in [1.82, 2.24) is 10.3 Å². The van der Waals surface area contributed by atoms with Gasteiger partial charge in [0.15, 0.2) is 0 Å². The summed E-state index contributed by atoms with van der Waals surface area (Å²) < 4.78 is 15.6. The Labute approximate surface area is 162 Å². The van der Waals surface area contributed by atoms with Crippen molar-refractivity contribution in [2.75, 3.05) is 21.3 Å². The topological polar surface area (TPSA) is 89.5 Å². The van der Waals surface area contributed by atoms with E-state index in [9.17, 15) is 9.59 Å². The lowest BCUT2D eigenvalue weighted by molar-refractivity contribution is -0.131. The molecule has 1 aliphatic heterocycles. The number of benzene rings is 2. The van der Waals surface area contributed by atoms with Crippen molar-refractivity contribution >= 4 is 18.2 Å². The summed E-state index contributed by atoms with van der Waals surface area (Å²) in [5, 5.41) is 7.59. The Morgan fingerprint density at radius 3 is 2.21 bits per heavy atom. The van der Waals surface area contributed by atoms with E-state index in [2.05, 4.69) is 10.4 Å². The molecular formula is C20H21N3O5. The fourth-order valence-corrected chi connectivity index (χ4v) is 2.89. The fourth-order valence-electron chi connectivity index (χ4n) is 2.89. The van der Waals surface area contributed by atoms with Gasteiger partial charge in [0.25, 0.3) is 5.91 Å². The minimum absolute atomic E-state index is 0.480. The Balaban J connectivity index is 1.86. The highest BCUT2D eigenvalue weighted by molar-refractivity contribution is 6.07. The van der Waals surface area contributed by atoms with Crippen molar-refractivity contribution in [3.63, 3.8) is 0 Å².